The van der Waals surface area contributed by atoms with Crippen molar-refractivity contribution in [1.29, 1.82) is 0 Å². The van der Waals surface area contributed by atoms with Crippen LogP contribution in [0.15, 0.2) is 36.4 Å². The number of piperidine rings is 1. The molecule has 1 aromatic heterocycles. The molecular weight excluding hydrogens is 350 g/mol. The second-order valence-corrected chi connectivity index (χ2v) is 8.62. The lowest BCUT2D eigenvalue weighted by Gasteiger charge is -2.36. The maximum absolute atomic E-state index is 12.7. The third-order valence-corrected chi connectivity index (χ3v) is 5.10. The number of nitrogens with zero attached hydrogens (tertiary/aromatic N) is 2. The Morgan fingerprint density at radius 1 is 1.21 bits per heavy atom. The van der Waals surface area contributed by atoms with Gasteiger partial charge in [0.2, 0.25) is 5.91 Å². The minimum atomic E-state index is -0.346. The molecule has 150 valence electrons. The fourth-order valence-electron chi connectivity index (χ4n) is 3.72. The number of pyridine rings is 1. The van der Waals surface area contributed by atoms with Crippen LogP contribution in [0.3, 0.4) is 0 Å². The van der Waals surface area contributed by atoms with Crippen molar-refractivity contribution in [3.8, 4) is 5.75 Å². The zero-order valence-corrected chi connectivity index (χ0v) is 17.6. The molecule has 1 N–H and O–H groups in total. The Bertz CT molecular complexity index is 842. The molecule has 0 aliphatic carbocycles. The van der Waals surface area contributed by atoms with Gasteiger partial charge in [0.1, 0.15) is 5.75 Å². The van der Waals surface area contributed by atoms with E-state index in [1.165, 1.54) is 0 Å². The molecule has 0 unspecified atom stereocenters. The van der Waals surface area contributed by atoms with Gasteiger partial charge in [-0.2, -0.15) is 0 Å². The van der Waals surface area contributed by atoms with Gasteiger partial charge in [-0.15, -0.1) is 0 Å². The predicted molar refractivity (Wildman–Crippen MR) is 113 cm³/mol. The Morgan fingerprint density at radius 3 is 2.71 bits per heavy atom. The molecule has 1 aliphatic rings. The van der Waals surface area contributed by atoms with Crippen molar-refractivity contribution in [2.24, 2.45) is 5.41 Å². The Morgan fingerprint density at radius 2 is 2.00 bits per heavy atom. The number of rotatable bonds is 4. The number of carbonyl (C=O) groups is 1. The van der Waals surface area contributed by atoms with E-state index in [9.17, 15) is 4.79 Å². The van der Waals surface area contributed by atoms with Gasteiger partial charge < -0.3 is 15.0 Å². The molecule has 0 spiro atoms. The van der Waals surface area contributed by atoms with Crippen LogP contribution in [0.2, 0.25) is 0 Å². The molecule has 2 heterocycles. The summed E-state index contributed by atoms with van der Waals surface area (Å²) in [5.41, 5.74) is 3.67. The summed E-state index contributed by atoms with van der Waals surface area (Å²) >= 11 is 0. The number of amides is 1. The number of anilines is 2. The van der Waals surface area contributed by atoms with Crippen LogP contribution in [0, 0.1) is 12.3 Å². The standard InChI is InChI=1S/C23H31N3O2/c1-16-12-19(25-18-9-6-10-20(13-18)28-5)14-21(24-16)17-8-7-11-26(15-17)22(27)23(2,3)4/h6,9-10,12-14,17H,7-8,11,15H2,1-5H3,(H,24,25)/t17-/m0/s1. The number of hydrogen-bond acceptors (Lipinski definition) is 4. The second kappa shape index (κ2) is 8.21. The molecule has 5 nitrogen and oxygen atoms in total. The fourth-order valence-corrected chi connectivity index (χ4v) is 3.72. The Balaban J connectivity index is 1.79. The van der Waals surface area contributed by atoms with Crippen molar-refractivity contribution < 1.29 is 9.53 Å². The lowest BCUT2D eigenvalue weighted by atomic mass is 9.89. The average molecular weight is 382 g/mol. The van der Waals surface area contributed by atoms with E-state index in [4.69, 9.17) is 9.72 Å². The van der Waals surface area contributed by atoms with E-state index in [0.717, 1.165) is 54.4 Å². The first-order valence-electron chi connectivity index (χ1n) is 9.95. The van der Waals surface area contributed by atoms with Crippen molar-refractivity contribution >= 4 is 17.3 Å². The molecule has 0 saturated carbocycles. The van der Waals surface area contributed by atoms with Crippen molar-refractivity contribution in [2.45, 2.75) is 46.5 Å². The lowest BCUT2D eigenvalue weighted by Crippen LogP contribution is -2.44. The molecule has 5 heteroatoms. The van der Waals surface area contributed by atoms with Gasteiger partial charge in [0, 0.05) is 53.3 Å². The quantitative estimate of drug-likeness (QED) is 0.819. The summed E-state index contributed by atoms with van der Waals surface area (Å²) in [5, 5.41) is 3.46. The van der Waals surface area contributed by atoms with E-state index >= 15 is 0 Å². The van der Waals surface area contributed by atoms with Crippen LogP contribution in [0.4, 0.5) is 11.4 Å². The Hall–Kier alpha value is -2.56. The molecule has 1 amide bonds. The fraction of sp³-hybridized carbons (Fsp3) is 0.478. The number of hydrogen-bond donors (Lipinski definition) is 1. The molecule has 1 fully saturated rings. The monoisotopic (exact) mass is 381 g/mol. The molecule has 0 radical (unpaired) electrons. The van der Waals surface area contributed by atoms with E-state index in [1.54, 1.807) is 7.11 Å². The van der Waals surface area contributed by atoms with Gasteiger partial charge in [-0.1, -0.05) is 26.8 Å². The van der Waals surface area contributed by atoms with Gasteiger partial charge >= 0.3 is 0 Å². The van der Waals surface area contributed by atoms with Crippen molar-refractivity contribution in [2.75, 3.05) is 25.5 Å². The maximum Gasteiger partial charge on any atom is 0.227 e. The number of methoxy groups -OCH3 is 1. The summed E-state index contributed by atoms with van der Waals surface area (Å²) in [6.07, 6.45) is 2.07. The van der Waals surface area contributed by atoms with E-state index in [0.29, 0.717) is 0 Å². The number of aryl methyl sites for hydroxylation is 1. The topological polar surface area (TPSA) is 54.5 Å². The predicted octanol–water partition coefficient (Wildman–Crippen LogP) is 4.89. The smallest absolute Gasteiger partial charge is 0.227 e. The highest BCUT2D eigenvalue weighted by Gasteiger charge is 2.32. The van der Waals surface area contributed by atoms with Gasteiger partial charge in [0.05, 0.1) is 7.11 Å². The van der Waals surface area contributed by atoms with Crippen LogP contribution >= 0.6 is 0 Å². The van der Waals surface area contributed by atoms with E-state index in [-0.39, 0.29) is 17.2 Å². The van der Waals surface area contributed by atoms with Gasteiger partial charge in [-0.25, -0.2) is 0 Å². The third kappa shape index (κ3) is 4.83. The molecule has 1 aromatic carbocycles. The van der Waals surface area contributed by atoms with Crippen molar-refractivity contribution in [3.63, 3.8) is 0 Å². The minimum Gasteiger partial charge on any atom is -0.497 e. The number of nitrogens with one attached hydrogen (secondary N) is 1. The number of benzene rings is 1. The van der Waals surface area contributed by atoms with Crippen molar-refractivity contribution in [3.05, 3.63) is 47.8 Å². The van der Waals surface area contributed by atoms with Gasteiger partial charge in [0.25, 0.3) is 0 Å². The van der Waals surface area contributed by atoms with E-state index in [2.05, 4.69) is 11.4 Å². The molecule has 1 saturated heterocycles. The summed E-state index contributed by atoms with van der Waals surface area (Å²) in [6.45, 7) is 9.56. The van der Waals surface area contributed by atoms with Gasteiger partial charge in [-0.3, -0.25) is 9.78 Å². The van der Waals surface area contributed by atoms with E-state index in [1.807, 2.05) is 62.9 Å². The maximum atomic E-state index is 12.7. The molecule has 28 heavy (non-hydrogen) atoms. The Kier molecular flexibility index (Phi) is 5.92. The molecule has 1 atom stereocenters. The van der Waals surface area contributed by atoms with E-state index < -0.39 is 0 Å². The zero-order valence-electron chi connectivity index (χ0n) is 17.6. The van der Waals surface area contributed by atoms with Gasteiger partial charge in [-0.05, 0) is 44.0 Å². The second-order valence-electron chi connectivity index (χ2n) is 8.62. The largest absolute Gasteiger partial charge is 0.497 e. The van der Waals surface area contributed by atoms with Crippen LogP contribution in [0.5, 0.6) is 5.75 Å². The SMILES string of the molecule is COc1cccc(Nc2cc(C)nc([C@H]3CCCN(C(=O)C(C)(C)C)C3)c2)c1. The summed E-state index contributed by atoms with van der Waals surface area (Å²) < 4.78 is 5.31. The number of aromatic nitrogens is 1. The van der Waals surface area contributed by atoms with Gasteiger partial charge in [0.15, 0.2) is 0 Å². The highest BCUT2D eigenvalue weighted by atomic mass is 16.5. The first-order valence-corrected chi connectivity index (χ1v) is 9.95. The lowest BCUT2D eigenvalue weighted by molar-refractivity contribution is -0.140. The number of likely N-dealkylation sites (tertiary alicyclic amines) is 1. The van der Waals surface area contributed by atoms with Crippen LogP contribution in [-0.4, -0.2) is 36.0 Å². The van der Waals surface area contributed by atoms with Crippen LogP contribution in [-0.2, 0) is 4.79 Å². The number of ether oxygens (including phenoxy) is 1. The molecule has 0 bridgehead atoms. The first-order chi connectivity index (χ1) is 13.3. The molecule has 3 rings (SSSR count). The first kappa shape index (κ1) is 20.2. The summed E-state index contributed by atoms with van der Waals surface area (Å²) in [5.74, 6) is 1.31. The van der Waals surface area contributed by atoms with Crippen molar-refractivity contribution in [1.82, 2.24) is 9.88 Å². The summed E-state index contributed by atoms with van der Waals surface area (Å²) in [4.78, 5) is 19.5. The normalized spacial score (nSPS) is 17.3. The highest BCUT2D eigenvalue weighted by molar-refractivity contribution is 5.81. The molecular formula is C23H31N3O2. The van der Waals surface area contributed by atoms with Crippen LogP contribution in [0.1, 0.15) is 50.9 Å². The average Bonchev–Trinajstić information content (AvgIpc) is 2.66. The van der Waals surface area contributed by atoms with Crippen LogP contribution in [0.25, 0.3) is 0 Å². The highest BCUT2D eigenvalue weighted by Crippen LogP contribution is 2.31. The Labute approximate surface area is 168 Å². The summed E-state index contributed by atoms with van der Waals surface area (Å²) in [7, 11) is 1.67. The minimum absolute atomic E-state index is 0.222. The third-order valence-electron chi connectivity index (χ3n) is 5.10. The molecule has 1 aliphatic heterocycles. The summed E-state index contributed by atoms with van der Waals surface area (Å²) in [6, 6.07) is 12.0. The molecule has 2 aromatic rings. The number of carbonyl (C=O) groups excluding carboxylic acids is 1. The zero-order chi connectivity index (χ0) is 20.3. The van der Waals surface area contributed by atoms with Crippen LogP contribution < -0.4 is 10.1 Å².